The molecule has 2 N–H and O–H groups in total. The van der Waals surface area contributed by atoms with Crippen molar-refractivity contribution in [3.63, 3.8) is 0 Å². The molecule has 0 atom stereocenters. The van der Waals surface area contributed by atoms with Crippen molar-refractivity contribution >= 4 is 11.9 Å². The monoisotopic (exact) mass is 582 g/mol. The van der Waals surface area contributed by atoms with Crippen LogP contribution in [0.1, 0.15) is 165 Å². The van der Waals surface area contributed by atoms with E-state index in [4.69, 9.17) is 19.9 Å². The van der Waals surface area contributed by atoms with Crippen LogP contribution in [0.2, 0.25) is 0 Å². The lowest BCUT2D eigenvalue weighted by Crippen LogP contribution is -2.59. The molecule has 41 heavy (non-hydrogen) atoms. The molecule has 2 aliphatic heterocycles. The van der Waals surface area contributed by atoms with E-state index in [0.29, 0.717) is 12.2 Å². The summed E-state index contributed by atoms with van der Waals surface area (Å²) in [5, 5.41) is 20.1. The van der Waals surface area contributed by atoms with Crippen molar-refractivity contribution in [1.82, 2.24) is 10.1 Å². The maximum atomic E-state index is 9.43. The van der Waals surface area contributed by atoms with Crippen molar-refractivity contribution in [3.8, 4) is 0 Å². The highest BCUT2D eigenvalue weighted by molar-refractivity contribution is 5.88. The van der Waals surface area contributed by atoms with Crippen LogP contribution in [0.5, 0.6) is 0 Å². The number of hydrogen-bond donors (Lipinski definition) is 2. The van der Waals surface area contributed by atoms with Crippen molar-refractivity contribution < 1.29 is 29.5 Å². The SMILES string of the molecule is CC1(C)CCCC(C)(C)N1OC1CCCCC1.CC1(C)CCCC(C)(C)N1OC1CCCCC1.O=C(O)CC(=O)O. The van der Waals surface area contributed by atoms with Crippen LogP contribution in [0.25, 0.3) is 0 Å². The van der Waals surface area contributed by atoms with E-state index in [1.54, 1.807) is 0 Å². The van der Waals surface area contributed by atoms with Gasteiger partial charge in [0.15, 0.2) is 0 Å². The molecule has 0 radical (unpaired) electrons. The van der Waals surface area contributed by atoms with Gasteiger partial charge in [-0.25, -0.2) is 0 Å². The maximum Gasteiger partial charge on any atom is 0.314 e. The Hall–Kier alpha value is -1.22. The molecule has 0 aromatic rings. The smallest absolute Gasteiger partial charge is 0.314 e. The summed E-state index contributed by atoms with van der Waals surface area (Å²) >= 11 is 0. The molecule has 0 unspecified atom stereocenters. The second-order valence-corrected chi connectivity index (χ2v) is 15.2. The number of carbonyl (C=O) groups is 2. The highest BCUT2D eigenvalue weighted by Gasteiger charge is 2.44. The van der Waals surface area contributed by atoms with Crippen molar-refractivity contribution in [3.05, 3.63) is 0 Å². The van der Waals surface area contributed by atoms with Crippen LogP contribution >= 0.6 is 0 Å². The fourth-order valence-electron chi connectivity index (χ4n) is 7.29. The van der Waals surface area contributed by atoms with Gasteiger partial charge in [-0.15, -0.1) is 0 Å². The van der Waals surface area contributed by atoms with Gasteiger partial charge in [0, 0.05) is 22.2 Å². The summed E-state index contributed by atoms with van der Waals surface area (Å²) in [6.45, 7) is 18.6. The van der Waals surface area contributed by atoms with Gasteiger partial charge in [-0.3, -0.25) is 19.3 Å². The Labute approximate surface area is 250 Å². The minimum Gasteiger partial charge on any atom is -0.481 e. The van der Waals surface area contributed by atoms with E-state index in [0.717, 1.165) is 0 Å². The molecular weight excluding hydrogens is 520 g/mol. The van der Waals surface area contributed by atoms with E-state index in [1.165, 1.54) is 103 Å². The normalized spacial score (nSPS) is 26.5. The van der Waals surface area contributed by atoms with Gasteiger partial charge in [0.2, 0.25) is 0 Å². The average Bonchev–Trinajstić information content (AvgIpc) is 2.85. The average molecular weight is 583 g/mol. The van der Waals surface area contributed by atoms with Crippen molar-refractivity contribution in [2.75, 3.05) is 0 Å². The Balaban J connectivity index is 0.000000235. The first kappa shape index (κ1) is 36.0. The molecule has 2 aliphatic carbocycles. The highest BCUT2D eigenvalue weighted by atomic mass is 16.7. The molecule has 4 rings (SSSR count). The molecule has 8 nitrogen and oxygen atoms in total. The van der Waals surface area contributed by atoms with Gasteiger partial charge in [0.1, 0.15) is 6.42 Å². The lowest BCUT2D eigenvalue weighted by Gasteiger charge is -2.52. The van der Waals surface area contributed by atoms with Crippen LogP contribution in [0.3, 0.4) is 0 Å². The first-order chi connectivity index (χ1) is 19.0. The molecule has 240 valence electrons. The zero-order valence-corrected chi connectivity index (χ0v) is 27.6. The Kier molecular flexibility index (Phi) is 13.6. The summed E-state index contributed by atoms with van der Waals surface area (Å²) in [5.74, 6) is -2.62. The van der Waals surface area contributed by atoms with Crippen LogP contribution in [0, 0.1) is 0 Å². The molecule has 2 saturated carbocycles. The highest BCUT2D eigenvalue weighted by Crippen LogP contribution is 2.41. The predicted octanol–water partition coefficient (Wildman–Crippen LogP) is 8.13. The van der Waals surface area contributed by atoms with Gasteiger partial charge >= 0.3 is 11.9 Å². The third-order valence-electron chi connectivity index (χ3n) is 9.27. The molecular formula is C33H62N2O6. The van der Waals surface area contributed by atoms with Crippen LogP contribution in [-0.4, -0.2) is 66.6 Å². The molecule has 0 aromatic carbocycles. The fraction of sp³-hybridized carbons (Fsp3) is 0.939. The fourth-order valence-corrected chi connectivity index (χ4v) is 7.29. The van der Waals surface area contributed by atoms with E-state index in [1.807, 2.05) is 0 Å². The van der Waals surface area contributed by atoms with Crippen molar-refractivity contribution in [2.45, 2.75) is 199 Å². The molecule has 0 aromatic heterocycles. The number of nitrogens with zero attached hydrogens (tertiary/aromatic N) is 2. The molecule has 0 bridgehead atoms. The molecule has 4 fully saturated rings. The Morgan fingerprint density at radius 1 is 0.537 bits per heavy atom. The Morgan fingerprint density at radius 2 is 0.805 bits per heavy atom. The number of rotatable bonds is 6. The lowest BCUT2D eigenvalue weighted by molar-refractivity contribution is -0.308. The summed E-state index contributed by atoms with van der Waals surface area (Å²) in [6.07, 6.45) is 21.0. The zero-order chi connectivity index (χ0) is 30.9. The number of piperidine rings is 2. The first-order valence-electron chi connectivity index (χ1n) is 16.3. The van der Waals surface area contributed by atoms with Crippen molar-refractivity contribution in [1.29, 1.82) is 0 Å². The number of aliphatic carboxylic acids is 2. The zero-order valence-electron chi connectivity index (χ0n) is 27.6. The quantitative estimate of drug-likeness (QED) is 0.303. The minimum atomic E-state index is -1.31. The summed E-state index contributed by atoms with van der Waals surface area (Å²) in [7, 11) is 0. The van der Waals surface area contributed by atoms with Crippen LogP contribution in [0.4, 0.5) is 0 Å². The third kappa shape index (κ3) is 11.8. The van der Waals surface area contributed by atoms with Gasteiger partial charge in [-0.1, -0.05) is 38.5 Å². The number of hydrogen-bond acceptors (Lipinski definition) is 6. The molecule has 0 amide bonds. The standard InChI is InChI=1S/2C15H29NO.C3H4O4/c2*1-14(2)11-8-12-15(3,4)16(14)17-13-9-6-5-7-10-13;4-2(5)1-3(6)7/h2*13H,5-12H2,1-4H3;1H2,(H,4,5)(H,6,7). The molecule has 2 saturated heterocycles. The van der Waals surface area contributed by atoms with Crippen LogP contribution in [-0.2, 0) is 19.3 Å². The Morgan fingerprint density at radius 3 is 1.02 bits per heavy atom. The van der Waals surface area contributed by atoms with Crippen LogP contribution in [0.15, 0.2) is 0 Å². The lowest BCUT2D eigenvalue weighted by atomic mass is 9.82. The molecule has 8 heteroatoms. The van der Waals surface area contributed by atoms with E-state index in [9.17, 15) is 9.59 Å². The van der Waals surface area contributed by atoms with E-state index in [-0.39, 0.29) is 22.2 Å². The molecule has 2 heterocycles. The van der Waals surface area contributed by atoms with Crippen molar-refractivity contribution in [2.24, 2.45) is 0 Å². The summed E-state index contributed by atoms with van der Waals surface area (Å²) < 4.78 is 0. The molecule has 4 aliphatic rings. The van der Waals surface area contributed by atoms with Gasteiger partial charge < -0.3 is 10.2 Å². The summed E-state index contributed by atoms with van der Waals surface area (Å²) in [5.41, 5.74) is 0.775. The van der Waals surface area contributed by atoms with E-state index >= 15 is 0 Å². The second-order valence-electron chi connectivity index (χ2n) is 15.2. The summed E-state index contributed by atoms with van der Waals surface area (Å²) in [6, 6.07) is 0. The van der Waals surface area contributed by atoms with Crippen LogP contribution < -0.4 is 0 Å². The van der Waals surface area contributed by atoms with E-state index < -0.39 is 18.4 Å². The molecule has 0 spiro atoms. The minimum absolute atomic E-state index is 0.194. The van der Waals surface area contributed by atoms with Gasteiger partial charge in [0.25, 0.3) is 0 Å². The topological polar surface area (TPSA) is 99.5 Å². The largest absolute Gasteiger partial charge is 0.481 e. The second kappa shape index (κ2) is 15.5. The number of carboxylic acid groups (broad SMARTS) is 2. The maximum absolute atomic E-state index is 9.43. The van der Waals surface area contributed by atoms with Gasteiger partial charge in [-0.05, 0) is 120 Å². The van der Waals surface area contributed by atoms with Gasteiger partial charge in [-0.2, -0.15) is 10.1 Å². The van der Waals surface area contributed by atoms with E-state index in [2.05, 4.69) is 65.5 Å². The number of hydroxylamine groups is 4. The first-order valence-corrected chi connectivity index (χ1v) is 16.3. The third-order valence-corrected chi connectivity index (χ3v) is 9.27. The van der Waals surface area contributed by atoms with Gasteiger partial charge in [0.05, 0.1) is 12.2 Å². The summed E-state index contributed by atoms with van der Waals surface area (Å²) in [4.78, 5) is 31.6. The Bertz CT molecular complexity index is 715. The number of carboxylic acids is 2. The predicted molar refractivity (Wildman–Crippen MR) is 164 cm³/mol.